The molecule has 0 spiro atoms. The van der Waals surface area contributed by atoms with E-state index in [9.17, 15) is 8.42 Å². The molecule has 2 aromatic heterocycles. The van der Waals surface area contributed by atoms with Gasteiger partial charge in [0, 0.05) is 25.7 Å². The van der Waals surface area contributed by atoms with Crippen LogP contribution in [0.4, 0.5) is 0 Å². The first-order valence-electron chi connectivity index (χ1n) is 8.06. The van der Waals surface area contributed by atoms with Crippen molar-refractivity contribution in [2.45, 2.75) is 37.3 Å². The van der Waals surface area contributed by atoms with Gasteiger partial charge in [-0.1, -0.05) is 6.07 Å². The molecule has 1 aliphatic rings. The summed E-state index contributed by atoms with van der Waals surface area (Å²) in [5.74, 6) is 0.465. The van der Waals surface area contributed by atoms with Gasteiger partial charge in [-0.05, 0) is 19.9 Å². The third-order valence-corrected chi connectivity index (χ3v) is 5.96. The maximum absolute atomic E-state index is 12.9. The van der Waals surface area contributed by atoms with Crippen molar-refractivity contribution >= 4 is 10.0 Å². The molecule has 3 rings (SSSR count). The molecule has 0 saturated carbocycles. The predicted octanol–water partition coefficient (Wildman–Crippen LogP) is 0.947. The topological polar surface area (TPSA) is 95.3 Å². The van der Waals surface area contributed by atoms with Crippen molar-refractivity contribution in [3.05, 3.63) is 35.8 Å². The molecule has 136 valence electrons. The number of sulfonamides is 1. The predicted molar refractivity (Wildman–Crippen MR) is 90.9 cm³/mol. The van der Waals surface area contributed by atoms with Crippen LogP contribution in [-0.2, 0) is 21.8 Å². The van der Waals surface area contributed by atoms with Crippen LogP contribution in [0.1, 0.15) is 17.8 Å². The van der Waals surface area contributed by atoms with Gasteiger partial charge in [0.05, 0.1) is 30.6 Å². The summed E-state index contributed by atoms with van der Waals surface area (Å²) in [6.45, 7) is 4.17. The lowest BCUT2D eigenvalue weighted by Gasteiger charge is -2.31. The van der Waals surface area contributed by atoms with E-state index in [1.165, 1.54) is 0 Å². The molecule has 0 aliphatic carbocycles. The van der Waals surface area contributed by atoms with Gasteiger partial charge in [0.15, 0.2) is 0 Å². The number of hydrogen-bond donors (Lipinski definition) is 1. The summed E-state index contributed by atoms with van der Waals surface area (Å²) in [7, 11) is -2.02. The summed E-state index contributed by atoms with van der Waals surface area (Å²) in [5.41, 5.74) is 1.05. The van der Waals surface area contributed by atoms with Gasteiger partial charge in [-0.2, -0.15) is 5.10 Å². The van der Waals surface area contributed by atoms with Gasteiger partial charge >= 0.3 is 0 Å². The SMILES string of the molecule is Cc1nn(C)c(C)c1S(=O)(=O)N[C@@H]1COCC[C@H]1Oc1ccccn1. The van der Waals surface area contributed by atoms with E-state index in [2.05, 4.69) is 14.8 Å². The first-order valence-corrected chi connectivity index (χ1v) is 9.55. The van der Waals surface area contributed by atoms with E-state index in [1.54, 1.807) is 43.9 Å². The average molecular weight is 366 g/mol. The van der Waals surface area contributed by atoms with Crippen molar-refractivity contribution in [1.29, 1.82) is 0 Å². The summed E-state index contributed by atoms with van der Waals surface area (Å²) in [5, 5.41) is 4.18. The molecular formula is C16H22N4O4S. The van der Waals surface area contributed by atoms with E-state index >= 15 is 0 Å². The molecule has 9 heteroatoms. The Morgan fingerprint density at radius 1 is 1.36 bits per heavy atom. The number of pyridine rings is 1. The summed E-state index contributed by atoms with van der Waals surface area (Å²) < 4.78 is 41.3. The Morgan fingerprint density at radius 3 is 2.80 bits per heavy atom. The van der Waals surface area contributed by atoms with E-state index < -0.39 is 16.1 Å². The first kappa shape index (κ1) is 17.8. The molecule has 2 aromatic rings. The molecule has 25 heavy (non-hydrogen) atoms. The standard InChI is InChI=1S/C16H22N4O4S/c1-11-16(12(2)20(3)18-11)25(21,22)19-13-10-23-9-7-14(13)24-15-6-4-5-8-17-15/h4-6,8,13-14,19H,7,9-10H2,1-3H3/t13-,14-/m1/s1. The molecule has 0 aromatic carbocycles. The van der Waals surface area contributed by atoms with Gasteiger partial charge in [-0.3, -0.25) is 4.68 Å². The molecule has 3 heterocycles. The molecule has 0 bridgehead atoms. The molecule has 1 N–H and O–H groups in total. The van der Waals surface area contributed by atoms with Crippen molar-refractivity contribution in [2.24, 2.45) is 7.05 Å². The lowest BCUT2D eigenvalue weighted by molar-refractivity contribution is 0.00149. The zero-order valence-electron chi connectivity index (χ0n) is 14.5. The van der Waals surface area contributed by atoms with Gasteiger partial charge < -0.3 is 9.47 Å². The molecule has 0 unspecified atom stereocenters. The first-order chi connectivity index (χ1) is 11.9. The second-order valence-corrected chi connectivity index (χ2v) is 7.69. The number of nitrogens with one attached hydrogen (secondary N) is 1. The average Bonchev–Trinajstić information content (AvgIpc) is 2.83. The summed E-state index contributed by atoms with van der Waals surface area (Å²) in [6, 6.07) is 4.87. The second kappa shape index (κ2) is 7.11. The second-order valence-electron chi connectivity index (χ2n) is 6.04. The minimum Gasteiger partial charge on any atom is -0.472 e. The maximum atomic E-state index is 12.9. The molecule has 0 radical (unpaired) electrons. The number of hydrogen-bond acceptors (Lipinski definition) is 6. The van der Waals surface area contributed by atoms with Crippen LogP contribution in [0.2, 0.25) is 0 Å². The number of aryl methyl sites for hydroxylation is 2. The van der Waals surface area contributed by atoms with E-state index in [4.69, 9.17) is 9.47 Å². The molecule has 1 fully saturated rings. The molecule has 2 atom stereocenters. The van der Waals surface area contributed by atoms with E-state index in [0.717, 1.165) is 0 Å². The van der Waals surface area contributed by atoms with Crippen LogP contribution in [0.5, 0.6) is 5.88 Å². The van der Waals surface area contributed by atoms with Gasteiger partial charge in [-0.15, -0.1) is 0 Å². The van der Waals surface area contributed by atoms with Crippen LogP contribution in [0.15, 0.2) is 29.3 Å². The fourth-order valence-electron chi connectivity index (χ4n) is 2.94. The fraction of sp³-hybridized carbons (Fsp3) is 0.500. The Bertz CT molecular complexity index is 835. The molecule has 1 aliphatic heterocycles. The van der Waals surface area contributed by atoms with Gasteiger partial charge in [0.1, 0.15) is 11.0 Å². The monoisotopic (exact) mass is 366 g/mol. The maximum Gasteiger partial charge on any atom is 0.244 e. The summed E-state index contributed by atoms with van der Waals surface area (Å²) in [6.07, 6.45) is 1.86. The van der Waals surface area contributed by atoms with Crippen LogP contribution in [0, 0.1) is 13.8 Å². The van der Waals surface area contributed by atoms with Crippen molar-refractivity contribution in [2.75, 3.05) is 13.2 Å². The minimum absolute atomic E-state index is 0.206. The summed E-state index contributed by atoms with van der Waals surface area (Å²) >= 11 is 0. The Labute approximate surface area is 147 Å². The molecular weight excluding hydrogens is 344 g/mol. The van der Waals surface area contributed by atoms with Gasteiger partial charge in [0.2, 0.25) is 15.9 Å². The number of ether oxygens (including phenoxy) is 2. The zero-order valence-corrected chi connectivity index (χ0v) is 15.3. The Balaban J connectivity index is 1.81. The van der Waals surface area contributed by atoms with Crippen LogP contribution < -0.4 is 9.46 Å². The summed E-state index contributed by atoms with van der Waals surface area (Å²) in [4.78, 5) is 4.35. The zero-order chi connectivity index (χ0) is 18.0. The highest BCUT2D eigenvalue weighted by Gasteiger charge is 2.34. The largest absolute Gasteiger partial charge is 0.472 e. The Morgan fingerprint density at radius 2 is 2.16 bits per heavy atom. The Hall–Kier alpha value is -1.97. The lowest BCUT2D eigenvalue weighted by Crippen LogP contribution is -2.51. The van der Waals surface area contributed by atoms with Crippen LogP contribution in [0.3, 0.4) is 0 Å². The van der Waals surface area contributed by atoms with Crippen molar-refractivity contribution in [3.63, 3.8) is 0 Å². The highest BCUT2D eigenvalue weighted by atomic mass is 32.2. The molecule has 8 nitrogen and oxygen atoms in total. The van der Waals surface area contributed by atoms with Crippen LogP contribution >= 0.6 is 0 Å². The lowest BCUT2D eigenvalue weighted by atomic mass is 10.1. The highest BCUT2D eigenvalue weighted by Crippen LogP contribution is 2.22. The number of nitrogens with zero attached hydrogens (tertiary/aromatic N) is 3. The molecule has 1 saturated heterocycles. The molecule has 0 amide bonds. The van der Waals surface area contributed by atoms with Crippen molar-refractivity contribution < 1.29 is 17.9 Å². The van der Waals surface area contributed by atoms with Crippen molar-refractivity contribution in [3.8, 4) is 5.88 Å². The number of rotatable bonds is 5. The fourth-order valence-corrected chi connectivity index (χ4v) is 4.63. The van der Waals surface area contributed by atoms with E-state index in [0.29, 0.717) is 30.3 Å². The highest BCUT2D eigenvalue weighted by molar-refractivity contribution is 7.89. The third-order valence-electron chi connectivity index (χ3n) is 4.22. The smallest absolute Gasteiger partial charge is 0.244 e. The number of aromatic nitrogens is 3. The van der Waals surface area contributed by atoms with Gasteiger partial charge in [-0.25, -0.2) is 18.1 Å². The van der Waals surface area contributed by atoms with E-state index in [1.807, 2.05) is 6.07 Å². The van der Waals surface area contributed by atoms with Crippen LogP contribution in [-0.4, -0.2) is 48.5 Å². The van der Waals surface area contributed by atoms with Crippen LogP contribution in [0.25, 0.3) is 0 Å². The minimum atomic E-state index is -3.74. The van der Waals surface area contributed by atoms with Crippen molar-refractivity contribution in [1.82, 2.24) is 19.5 Å². The third kappa shape index (κ3) is 3.83. The quantitative estimate of drug-likeness (QED) is 0.846. The van der Waals surface area contributed by atoms with Gasteiger partial charge in [0.25, 0.3) is 0 Å². The van der Waals surface area contributed by atoms with E-state index in [-0.39, 0.29) is 17.6 Å². The normalized spacial score (nSPS) is 21.2. The Kier molecular flexibility index (Phi) is 5.07.